The quantitative estimate of drug-likeness (QED) is 0.197. The third-order valence-electron chi connectivity index (χ3n) is 10.0. The van der Waals surface area contributed by atoms with E-state index in [2.05, 4.69) is 5.32 Å². The summed E-state index contributed by atoms with van der Waals surface area (Å²) in [7, 11) is 0. The summed E-state index contributed by atoms with van der Waals surface area (Å²) in [6, 6.07) is 19.1. The van der Waals surface area contributed by atoms with Gasteiger partial charge in [-0.1, -0.05) is 49.2 Å². The number of aliphatic hydroxyl groups is 1. The normalized spacial score (nSPS) is 21.6. The zero-order chi connectivity index (χ0) is 33.9. The summed E-state index contributed by atoms with van der Waals surface area (Å²) < 4.78 is 38.5. The number of aliphatic carboxylic acids is 1. The summed E-state index contributed by atoms with van der Waals surface area (Å²) in [6.45, 7) is 0.429. The van der Waals surface area contributed by atoms with E-state index >= 15 is 0 Å². The van der Waals surface area contributed by atoms with Crippen LogP contribution in [0.5, 0.6) is 0 Å². The van der Waals surface area contributed by atoms with Crippen LogP contribution in [0.4, 0.5) is 14.5 Å². The van der Waals surface area contributed by atoms with E-state index in [-0.39, 0.29) is 24.4 Å². The molecule has 1 aliphatic carbocycles. The number of nitrogens with one attached hydrogen (secondary N) is 1. The molecule has 11 heteroatoms. The number of halogens is 2. The van der Waals surface area contributed by atoms with Crippen molar-refractivity contribution in [1.29, 1.82) is 0 Å². The van der Waals surface area contributed by atoms with Crippen LogP contribution in [0.2, 0.25) is 0 Å². The minimum Gasteiger partial charge on any atom is -0.480 e. The van der Waals surface area contributed by atoms with Crippen molar-refractivity contribution < 1.29 is 42.9 Å². The van der Waals surface area contributed by atoms with Crippen LogP contribution in [-0.2, 0) is 30.3 Å². The molecule has 1 unspecified atom stereocenters. The van der Waals surface area contributed by atoms with Gasteiger partial charge in [0.25, 0.3) is 0 Å². The number of benzene rings is 3. The first-order valence-corrected chi connectivity index (χ1v) is 16.5. The largest absolute Gasteiger partial charge is 0.480 e. The van der Waals surface area contributed by atoms with E-state index in [1.54, 1.807) is 17.0 Å². The molecule has 2 aliphatic heterocycles. The number of rotatable bonds is 14. The third-order valence-corrected chi connectivity index (χ3v) is 10.0. The lowest BCUT2D eigenvalue weighted by Gasteiger charge is -2.48. The molecular weight excluding hydrogens is 622 g/mol. The van der Waals surface area contributed by atoms with Crippen LogP contribution in [0.3, 0.4) is 0 Å². The molecule has 2 heterocycles. The molecule has 254 valence electrons. The van der Waals surface area contributed by atoms with Gasteiger partial charge >= 0.3 is 5.97 Å². The molecule has 0 bridgehead atoms. The SMILES string of the molecule is O=C(COC1(CCc2ccc([C@@H]3[C@@H](CCC(O)c4ccc(F)cc4)C(=O)N3c3ccc(F)cc3)cc2)COC1)NC1(C(=O)O)CCCC1. The van der Waals surface area contributed by atoms with Crippen LogP contribution in [-0.4, -0.2) is 59.0 Å². The standard InChI is InChI=1S/C37H40F2N2O7/c38-27-9-7-25(8-10-27)31(42)16-15-30-33(41(34(30)44)29-13-11-28(39)12-14-29)26-5-3-24(4-6-26)17-20-36(22-47-23-36)48-21-32(43)40-37(35(45)46)18-1-2-19-37/h3-14,30-31,33,42H,1-2,15-23H2,(H,40,43)(H,45,46)/t30-,31?,33-/m1/s1. The van der Waals surface area contributed by atoms with E-state index in [9.17, 15) is 33.4 Å². The molecule has 3 aromatic rings. The minimum atomic E-state index is -1.22. The Morgan fingerprint density at radius 2 is 1.58 bits per heavy atom. The molecule has 6 rings (SSSR count). The molecule has 3 atom stereocenters. The van der Waals surface area contributed by atoms with E-state index in [0.717, 1.165) is 24.0 Å². The van der Waals surface area contributed by atoms with Crippen LogP contribution in [0, 0.1) is 17.6 Å². The van der Waals surface area contributed by atoms with Gasteiger partial charge in [-0.05, 0) is 91.6 Å². The highest BCUT2D eigenvalue weighted by Crippen LogP contribution is 2.46. The fourth-order valence-corrected chi connectivity index (χ4v) is 7.07. The van der Waals surface area contributed by atoms with Crippen molar-refractivity contribution in [2.24, 2.45) is 5.92 Å². The molecule has 2 amide bonds. The zero-order valence-electron chi connectivity index (χ0n) is 26.6. The van der Waals surface area contributed by atoms with Gasteiger partial charge in [-0.2, -0.15) is 0 Å². The zero-order valence-corrected chi connectivity index (χ0v) is 26.6. The summed E-state index contributed by atoms with van der Waals surface area (Å²) in [6.07, 6.45) is 3.44. The van der Waals surface area contributed by atoms with Crippen molar-refractivity contribution in [2.45, 2.75) is 74.7 Å². The Kier molecular flexibility index (Phi) is 9.91. The Hall–Kier alpha value is -4.19. The Morgan fingerprint density at radius 3 is 2.17 bits per heavy atom. The number of anilines is 1. The minimum absolute atomic E-state index is 0.114. The summed E-state index contributed by atoms with van der Waals surface area (Å²) in [5, 5.41) is 23.1. The Labute approximate surface area is 277 Å². The van der Waals surface area contributed by atoms with E-state index < -0.39 is 40.9 Å². The first-order valence-electron chi connectivity index (χ1n) is 16.5. The molecule has 2 saturated heterocycles. The average Bonchev–Trinajstić information content (AvgIpc) is 3.54. The summed E-state index contributed by atoms with van der Waals surface area (Å²) in [5.74, 6) is -2.77. The van der Waals surface area contributed by atoms with Crippen molar-refractivity contribution in [3.63, 3.8) is 0 Å². The predicted molar refractivity (Wildman–Crippen MR) is 172 cm³/mol. The second kappa shape index (κ2) is 14.1. The molecule has 0 spiro atoms. The first-order chi connectivity index (χ1) is 23.1. The number of ether oxygens (including phenoxy) is 2. The van der Waals surface area contributed by atoms with Gasteiger partial charge in [0.1, 0.15) is 29.4 Å². The van der Waals surface area contributed by atoms with Gasteiger partial charge in [0.05, 0.1) is 31.3 Å². The number of hydrogen-bond acceptors (Lipinski definition) is 6. The molecule has 48 heavy (non-hydrogen) atoms. The lowest BCUT2D eigenvalue weighted by Crippen LogP contribution is -2.56. The summed E-state index contributed by atoms with van der Waals surface area (Å²) >= 11 is 0. The van der Waals surface area contributed by atoms with Gasteiger partial charge in [0.2, 0.25) is 11.8 Å². The lowest BCUT2D eigenvalue weighted by molar-refractivity contribution is -0.212. The lowest BCUT2D eigenvalue weighted by atomic mass is 9.78. The van der Waals surface area contributed by atoms with E-state index in [1.807, 2.05) is 24.3 Å². The van der Waals surface area contributed by atoms with Crippen LogP contribution < -0.4 is 10.2 Å². The topological polar surface area (TPSA) is 125 Å². The van der Waals surface area contributed by atoms with E-state index in [1.165, 1.54) is 36.4 Å². The number of aryl methyl sites for hydroxylation is 1. The van der Waals surface area contributed by atoms with Gasteiger partial charge in [0, 0.05) is 5.69 Å². The number of amides is 2. The highest BCUT2D eigenvalue weighted by molar-refractivity contribution is 6.03. The number of hydrogen-bond donors (Lipinski definition) is 3. The van der Waals surface area contributed by atoms with E-state index in [0.29, 0.717) is 63.0 Å². The maximum atomic E-state index is 13.7. The van der Waals surface area contributed by atoms with Crippen molar-refractivity contribution in [1.82, 2.24) is 5.32 Å². The second-order valence-electron chi connectivity index (χ2n) is 13.2. The van der Waals surface area contributed by atoms with Gasteiger partial charge in [-0.3, -0.25) is 9.59 Å². The van der Waals surface area contributed by atoms with Crippen LogP contribution in [0.15, 0.2) is 72.8 Å². The number of carboxylic acids is 1. The monoisotopic (exact) mass is 662 g/mol. The molecule has 1 saturated carbocycles. The number of carbonyl (C=O) groups excluding carboxylic acids is 2. The summed E-state index contributed by atoms with van der Waals surface area (Å²) in [5.41, 5.74) is 1.23. The molecule has 0 radical (unpaired) electrons. The Morgan fingerprint density at radius 1 is 0.958 bits per heavy atom. The van der Waals surface area contributed by atoms with Crippen molar-refractivity contribution >= 4 is 23.5 Å². The molecular formula is C37H40F2N2O7. The number of aliphatic hydroxyl groups excluding tert-OH is 1. The summed E-state index contributed by atoms with van der Waals surface area (Å²) in [4.78, 5) is 39.5. The fraction of sp³-hybridized carbons (Fsp3) is 0.432. The third kappa shape index (κ3) is 7.13. The molecule has 0 aromatic heterocycles. The van der Waals surface area contributed by atoms with Gasteiger partial charge in [-0.25, -0.2) is 13.6 Å². The number of carboxylic acid groups (broad SMARTS) is 1. The molecule has 9 nitrogen and oxygen atoms in total. The Balaban J connectivity index is 1.09. The van der Waals surface area contributed by atoms with Crippen LogP contribution in [0.25, 0.3) is 0 Å². The van der Waals surface area contributed by atoms with Crippen molar-refractivity contribution in [2.75, 3.05) is 24.7 Å². The fourth-order valence-electron chi connectivity index (χ4n) is 7.07. The number of carbonyl (C=O) groups is 3. The Bertz CT molecular complexity index is 1600. The maximum absolute atomic E-state index is 13.7. The second-order valence-corrected chi connectivity index (χ2v) is 13.2. The van der Waals surface area contributed by atoms with E-state index in [4.69, 9.17) is 9.47 Å². The number of β-lactam (4-membered cyclic amide) rings is 1. The molecule has 3 N–H and O–H groups in total. The van der Waals surface area contributed by atoms with Crippen molar-refractivity contribution in [3.8, 4) is 0 Å². The van der Waals surface area contributed by atoms with Crippen molar-refractivity contribution in [3.05, 3.63) is 101 Å². The molecule has 3 aliphatic rings. The van der Waals surface area contributed by atoms with Gasteiger partial charge < -0.3 is 29.9 Å². The first kappa shape index (κ1) is 33.7. The van der Waals surface area contributed by atoms with Crippen LogP contribution in [0.1, 0.15) is 73.8 Å². The predicted octanol–water partition coefficient (Wildman–Crippen LogP) is 5.41. The maximum Gasteiger partial charge on any atom is 0.329 e. The van der Waals surface area contributed by atoms with Crippen LogP contribution >= 0.6 is 0 Å². The smallest absolute Gasteiger partial charge is 0.329 e. The highest BCUT2D eigenvalue weighted by Gasteiger charge is 2.49. The highest BCUT2D eigenvalue weighted by atomic mass is 19.1. The molecule has 3 aromatic carbocycles. The molecule has 3 fully saturated rings. The average molecular weight is 663 g/mol. The number of nitrogens with zero attached hydrogens (tertiary/aromatic N) is 1. The van der Waals surface area contributed by atoms with Gasteiger partial charge in [-0.15, -0.1) is 0 Å². The van der Waals surface area contributed by atoms with Gasteiger partial charge in [0.15, 0.2) is 0 Å².